The largest absolute Gasteiger partial charge is 0.472 e. The minimum atomic E-state index is -4.96. The molecule has 0 saturated carbocycles. The summed E-state index contributed by atoms with van der Waals surface area (Å²) in [6, 6.07) is 0. The first kappa shape index (κ1) is 97.1. The van der Waals surface area contributed by atoms with Crippen LogP contribution >= 0.6 is 15.6 Å². The molecule has 99 heavy (non-hydrogen) atoms. The zero-order valence-electron chi connectivity index (χ0n) is 64.6. The fraction of sp³-hybridized carbons (Fsp3) is 0.950. The molecule has 5 atom stereocenters. The number of aliphatic hydroxyl groups is 1. The van der Waals surface area contributed by atoms with Crippen LogP contribution in [0.1, 0.15) is 426 Å². The number of phosphoric ester groups is 2. The lowest BCUT2D eigenvalue weighted by atomic mass is 10.0. The molecule has 2 unspecified atom stereocenters. The van der Waals surface area contributed by atoms with E-state index in [-0.39, 0.29) is 25.7 Å². The van der Waals surface area contributed by atoms with Crippen LogP contribution in [-0.2, 0) is 65.4 Å². The molecule has 19 heteroatoms. The highest BCUT2D eigenvalue weighted by Crippen LogP contribution is 2.45. The van der Waals surface area contributed by atoms with E-state index in [0.717, 1.165) is 95.8 Å². The second-order valence-electron chi connectivity index (χ2n) is 29.3. The number of unbranched alkanes of at least 4 members (excludes halogenated alkanes) is 52. The van der Waals surface area contributed by atoms with Crippen molar-refractivity contribution in [2.75, 3.05) is 39.6 Å². The predicted molar refractivity (Wildman–Crippen MR) is 405 cm³/mol. The van der Waals surface area contributed by atoms with Crippen molar-refractivity contribution >= 4 is 39.5 Å². The molecule has 0 radical (unpaired) electrons. The highest BCUT2D eigenvalue weighted by molar-refractivity contribution is 7.47. The van der Waals surface area contributed by atoms with Crippen LogP contribution in [0.3, 0.4) is 0 Å². The average molecular weight is 1450 g/mol. The van der Waals surface area contributed by atoms with E-state index in [2.05, 4.69) is 34.6 Å². The molecule has 0 aliphatic heterocycles. The summed E-state index contributed by atoms with van der Waals surface area (Å²) < 4.78 is 68.6. The second kappa shape index (κ2) is 73.0. The minimum Gasteiger partial charge on any atom is -0.462 e. The lowest BCUT2D eigenvalue weighted by Crippen LogP contribution is -2.30. The van der Waals surface area contributed by atoms with Gasteiger partial charge in [0.05, 0.1) is 26.4 Å². The van der Waals surface area contributed by atoms with E-state index in [1.54, 1.807) is 0 Å². The van der Waals surface area contributed by atoms with Crippen molar-refractivity contribution < 1.29 is 80.2 Å². The molecule has 0 aromatic carbocycles. The van der Waals surface area contributed by atoms with E-state index < -0.39 is 97.5 Å². The molecule has 0 aromatic rings. The van der Waals surface area contributed by atoms with Gasteiger partial charge in [-0.15, -0.1) is 0 Å². The highest BCUT2D eigenvalue weighted by Gasteiger charge is 2.30. The number of aliphatic hydroxyl groups excluding tert-OH is 1. The third-order valence-corrected chi connectivity index (χ3v) is 20.7. The average Bonchev–Trinajstić information content (AvgIpc) is 1.20. The highest BCUT2D eigenvalue weighted by atomic mass is 31.2. The monoisotopic (exact) mass is 1450 g/mol. The lowest BCUT2D eigenvalue weighted by molar-refractivity contribution is -0.161. The second-order valence-corrected chi connectivity index (χ2v) is 32.2. The quantitative estimate of drug-likeness (QED) is 0.0222. The molecule has 0 bridgehead atoms. The molecule has 0 aromatic heterocycles. The molecule has 0 heterocycles. The summed E-state index contributed by atoms with van der Waals surface area (Å²) in [5, 5.41) is 10.6. The number of carbonyl (C=O) groups excluding carboxylic acids is 4. The van der Waals surface area contributed by atoms with E-state index >= 15 is 0 Å². The van der Waals surface area contributed by atoms with E-state index in [4.69, 9.17) is 37.0 Å². The molecule has 0 amide bonds. The molecule has 0 rings (SSSR count). The first-order chi connectivity index (χ1) is 48.0. The summed E-state index contributed by atoms with van der Waals surface area (Å²) in [6.45, 7) is 7.29. The van der Waals surface area contributed by atoms with E-state index in [9.17, 15) is 43.2 Å². The SMILES string of the molecule is CCCCCCCCCCCCCCCCCCCCCCCC(=O)O[C@H](COC(=O)CCCCCCCCCCCCCCCCCC)COP(=O)(O)OC[C@@H](O)COP(=O)(O)OC[C@@H](COC(=O)CCCCCCCCCCCC)OC(=O)CCCCCCCCCCCC(C)C. The normalized spacial score (nSPS) is 13.9. The van der Waals surface area contributed by atoms with Gasteiger partial charge in [0.15, 0.2) is 12.2 Å². The van der Waals surface area contributed by atoms with Gasteiger partial charge in [-0.3, -0.25) is 37.3 Å². The maximum Gasteiger partial charge on any atom is 0.472 e. The van der Waals surface area contributed by atoms with Crippen LogP contribution < -0.4 is 0 Å². The van der Waals surface area contributed by atoms with Crippen LogP contribution in [0.25, 0.3) is 0 Å². The van der Waals surface area contributed by atoms with Gasteiger partial charge in [0, 0.05) is 25.7 Å². The first-order valence-electron chi connectivity index (χ1n) is 41.6. The number of ether oxygens (including phenoxy) is 4. The third-order valence-electron chi connectivity index (χ3n) is 18.8. The Morgan fingerprint density at radius 2 is 0.465 bits per heavy atom. The van der Waals surface area contributed by atoms with Gasteiger partial charge in [-0.05, 0) is 31.6 Å². The summed E-state index contributed by atoms with van der Waals surface area (Å²) in [7, 11) is -9.91. The smallest absolute Gasteiger partial charge is 0.462 e. The Kier molecular flexibility index (Phi) is 71.6. The van der Waals surface area contributed by atoms with Crippen molar-refractivity contribution in [1.29, 1.82) is 0 Å². The number of carbonyl (C=O) groups is 4. The summed E-state index contributed by atoms with van der Waals surface area (Å²) >= 11 is 0. The molecule has 0 aliphatic rings. The van der Waals surface area contributed by atoms with Gasteiger partial charge in [-0.2, -0.15) is 0 Å². The minimum absolute atomic E-state index is 0.106. The lowest BCUT2D eigenvalue weighted by Gasteiger charge is -2.21. The maximum absolute atomic E-state index is 13.1. The van der Waals surface area contributed by atoms with Gasteiger partial charge < -0.3 is 33.8 Å². The van der Waals surface area contributed by atoms with Gasteiger partial charge in [-0.1, -0.05) is 375 Å². The maximum atomic E-state index is 13.1. The number of esters is 4. The van der Waals surface area contributed by atoms with Crippen LogP contribution in [0.5, 0.6) is 0 Å². The molecular weight excluding hydrogens is 1290 g/mol. The molecule has 0 aliphatic carbocycles. The van der Waals surface area contributed by atoms with Crippen molar-refractivity contribution in [3.8, 4) is 0 Å². The predicted octanol–water partition coefficient (Wildman–Crippen LogP) is 24.0. The Morgan fingerprint density at radius 1 is 0.273 bits per heavy atom. The Morgan fingerprint density at radius 3 is 0.687 bits per heavy atom. The van der Waals surface area contributed by atoms with Crippen molar-refractivity contribution in [1.82, 2.24) is 0 Å². The molecule has 0 saturated heterocycles. The Labute approximate surface area is 607 Å². The van der Waals surface area contributed by atoms with E-state index in [1.807, 2.05) is 0 Å². The van der Waals surface area contributed by atoms with Gasteiger partial charge >= 0.3 is 39.5 Å². The van der Waals surface area contributed by atoms with Gasteiger partial charge in [0.25, 0.3) is 0 Å². The summed E-state index contributed by atoms with van der Waals surface area (Å²) in [5.74, 6) is -1.37. The zero-order valence-corrected chi connectivity index (χ0v) is 66.4. The van der Waals surface area contributed by atoms with Crippen LogP contribution in [-0.4, -0.2) is 96.7 Å². The van der Waals surface area contributed by atoms with Crippen LogP contribution in [0, 0.1) is 5.92 Å². The molecule has 3 N–H and O–H groups in total. The summed E-state index contributed by atoms with van der Waals surface area (Å²) in [5.41, 5.74) is 0. The fourth-order valence-corrected chi connectivity index (χ4v) is 14.0. The molecule has 17 nitrogen and oxygen atoms in total. The van der Waals surface area contributed by atoms with Crippen LogP contribution in [0.2, 0.25) is 0 Å². The number of hydrogen-bond donors (Lipinski definition) is 3. The fourth-order valence-electron chi connectivity index (χ4n) is 12.4. The van der Waals surface area contributed by atoms with Crippen molar-refractivity contribution in [3.05, 3.63) is 0 Å². The third kappa shape index (κ3) is 74.1. The van der Waals surface area contributed by atoms with Gasteiger partial charge in [0.2, 0.25) is 0 Å². The molecule has 0 spiro atoms. The number of rotatable bonds is 80. The summed E-state index contributed by atoms with van der Waals surface area (Å²) in [6.07, 6.45) is 63.9. The van der Waals surface area contributed by atoms with E-state index in [0.29, 0.717) is 25.7 Å². The molecule has 0 fully saturated rings. The number of hydrogen-bond acceptors (Lipinski definition) is 15. The first-order valence-corrected chi connectivity index (χ1v) is 44.6. The topological polar surface area (TPSA) is 237 Å². The van der Waals surface area contributed by atoms with Crippen molar-refractivity contribution in [3.63, 3.8) is 0 Å². The zero-order chi connectivity index (χ0) is 72.7. The van der Waals surface area contributed by atoms with Crippen LogP contribution in [0.15, 0.2) is 0 Å². The van der Waals surface area contributed by atoms with Gasteiger partial charge in [0.1, 0.15) is 19.3 Å². The number of phosphoric acid groups is 2. The molecular formula is C80H156O17P2. The van der Waals surface area contributed by atoms with Crippen molar-refractivity contribution in [2.24, 2.45) is 5.92 Å². The van der Waals surface area contributed by atoms with Crippen LogP contribution in [0.4, 0.5) is 0 Å². The Balaban J connectivity index is 5.21. The molecule has 588 valence electrons. The Hall–Kier alpha value is -1.94. The summed E-state index contributed by atoms with van der Waals surface area (Å²) in [4.78, 5) is 72.9. The Bertz CT molecular complexity index is 1890. The van der Waals surface area contributed by atoms with E-state index in [1.165, 1.54) is 250 Å². The van der Waals surface area contributed by atoms with Crippen molar-refractivity contribution in [2.45, 2.75) is 445 Å². The van der Waals surface area contributed by atoms with Gasteiger partial charge in [-0.25, -0.2) is 9.13 Å². The standard InChI is InChI=1S/C80H156O17P2/c1-6-9-12-15-18-21-24-26-28-30-31-32-33-34-36-38-40-45-50-55-60-65-79(84)96-75(70-91-78(83)64-59-54-49-44-39-37-35-29-27-25-22-19-16-13-10-7-2)71-94-98(86,87)92-67-74(81)68-93-99(88,89)95-72-76(69-90-77(82)63-58-53-48-43-23-20-17-14-11-8-3)97-80(85)66-61-56-51-46-41-42-47-52-57-62-73(4)5/h73-76,81H,6-72H2,1-5H3,(H,86,87)(H,88,89)/t74-,75-,76-/m1/s1.